The summed E-state index contributed by atoms with van der Waals surface area (Å²) in [5.74, 6) is -1.80. The van der Waals surface area contributed by atoms with Crippen molar-refractivity contribution in [3.05, 3.63) is 0 Å². The van der Waals surface area contributed by atoms with Crippen LogP contribution in [0.4, 0.5) is 0 Å². The van der Waals surface area contributed by atoms with Crippen LogP contribution in [0.25, 0.3) is 0 Å². The van der Waals surface area contributed by atoms with E-state index in [0.717, 1.165) is 0 Å². The fourth-order valence-corrected chi connectivity index (χ4v) is 0.657. The molecule has 0 radical (unpaired) electrons. The summed E-state index contributed by atoms with van der Waals surface area (Å²) in [7, 11) is 0. The lowest BCUT2D eigenvalue weighted by Gasteiger charge is -2.03. The molecule has 6 heteroatoms. The number of carboxylic acids is 1. The Labute approximate surface area is 81.2 Å². The molecule has 0 fully saturated rings. The van der Waals surface area contributed by atoms with Crippen molar-refractivity contribution < 1.29 is 24.2 Å². The Morgan fingerprint density at radius 1 is 1.36 bits per heavy atom. The molecule has 0 heterocycles. The van der Waals surface area contributed by atoms with Crippen molar-refractivity contribution in [2.75, 3.05) is 13.2 Å². The fourth-order valence-electron chi connectivity index (χ4n) is 0.657. The summed E-state index contributed by atoms with van der Waals surface area (Å²) in [6.45, 7) is 1.17. The van der Waals surface area contributed by atoms with Crippen LogP contribution in [0.3, 0.4) is 0 Å². The average molecular weight is 203 g/mol. The van der Waals surface area contributed by atoms with E-state index in [4.69, 9.17) is 5.11 Å². The largest absolute Gasteiger partial charge is 0.481 e. The van der Waals surface area contributed by atoms with Gasteiger partial charge in [-0.05, 0) is 6.42 Å². The molecule has 2 N–H and O–H groups in total. The lowest BCUT2D eigenvalue weighted by Crippen LogP contribution is -2.28. The summed E-state index contributed by atoms with van der Waals surface area (Å²) < 4.78 is 4.63. The van der Waals surface area contributed by atoms with Gasteiger partial charge in [-0.15, -0.1) is 0 Å². The van der Waals surface area contributed by atoms with E-state index in [1.165, 1.54) is 6.92 Å². The third-order valence-electron chi connectivity index (χ3n) is 1.28. The van der Waals surface area contributed by atoms with Gasteiger partial charge < -0.3 is 15.2 Å². The highest BCUT2D eigenvalue weighted by atomic mass is 16.5. The van der Waals surface area contributed by atoms with Gasteiger partial charge in [0.2, 0.25) is 5.91 Å². The first-order valence-electron chi connectivity index (χ1n) is 4.14. The van der Waals surface area contributed by atoms with Crippen LogP contribution in [0.1, 0.15) is 19.8 Å². The Balaban J connectivity index is 3.36. The molecule has 0 aliphatic rings. The summed E-state index contributed by atoms with van der Waals surface area (Å²) >= 11 is 0. The summed E-state index contributed by atoms with van der Waals surface area (Å²) in [5, 5.41) is 10.5. The summed E-state index contributed by atoms with van der Waals surface area (Å²) in [6.07, 6.45) is 0.245. The summed E-state index contributed by atoms with van der Waals surface area (Å²) in [5.41, 5.74) is 0. The lowest BCUT2D eigenvalue weighted by molar-refractivity contribution is -0.145. The first kappa shape index (κ1) is 12.4. The molecule has 0 saturated carbocycles. The molecule has 0 saturated heterocycles. The van der Waals surface area contributed by atoms with Gasteiger partial charge in [0.15, 0.2) is 0 Å². The number of amides is 1. The highest BCUT2D eigenvalue weighted by Gasteiger charge is 2.03. The summed E-state index contributed by atoms with van der Waals surface area (Å²) in [6, 6.07) is 0. The van der Waals surface area contributed by atoms with Crippen LogP contribution < -0.4 is 5.32 Å². The van der Waals surface area contributed by atoms with E-state index < -0.39 is 11.9 Å². The molecular weight excluding hydrogens is 190 g/mol. The van der Waals surface area contributed by atoms with Gasteiger partial charge in [0.25, 0.3) is 0 Å². The van der Waals surface area contributed by atoms with E-state index >= 15 is 0 Å². The van der Waals surface area contributed by atoms with Crippen molar-refractivity contribution in [1.82, 2.24) is 5.32 Å². The first-order chi connectivity index (χ1) is 6.52. The van der Waals surface area contributed by atoms with E-state index in [-0.39, 0.29) is 31.9 Å². The minimum atomic E-state index is -0.928. The van der Waals surface area contributed by atoms with Gasteiger partial charge in [-0.2, -0.15) is 0 Å². The van der Waals surface area contributed by atoms with Gasteiger partial charge in [0.05, 0.1) is 6.61 Å². The topological polar surface area (TPSA) is 92.7 Å². The van der Waals surface area contributed by atoms with E-state index in [1.807, 2.05) is 0 Å². The van der Waals surface area contributed by atoms with Crippen molar-refractivity contribution >= 4 is 17.8 Å². The Kier molecular flexibility index (Phi) is 6.09. The number of carbonyl (C=O) groups excluding carboxylic acids is 2. The predicted molar refractivity (Wildman–Crippen MR) is 46.5 cm³/mol. The molecule has 1 amide bonds. The number of nitrogens with one attached hydrogen (secondary N) is 1. The number of hydrogen-bond donors (Lipinski definition) is 2. The third-order valence-corrected chi connectivity index (χ3v) is 1.28. The van der Waals surface area contributed by atoms with Crippen LogP contribution >= 0.6 is 0 Å². The standard InChI is InChI=1S/C8H13NO5/c1-6(10)9-5-8(13)14-4-2-3-7(11)12/h2-5H2,1H3,(H,9,10)(H,11,12). The Morgan fingerprint density at radius 3 is 2.50 bits per heavy atom. The zero-order valence-electron chi connectivity index (χ0n) is 7.91. The van der Waals surface area contributed by atoms with Gasteiger partial charge in [0, 0.05) is 13.3 Å². The monoisotopic (exact) mass is 203 g/mol. The van der Waals surface area contributed by atoms with Crippen LogP contribution in [-0.2, 0) is 19.1 Å². The zero-order chi connectivity index (χ0) is 11.0. The number of rotatable bonds is 6. The number of hydrogen-bond acceptors (Lipinski definition) is 4. The highest BCUT2D eigenvalue weighted by Crippen LogP contribution is 1.90. The number of aliphatic carboxylic acids is 1. The lowest BCUT2D eigenvalue weighted by atomic mass is 10.3. The molecular formula is C8H13NO5. The van der Waals surface area contributed by atoms with Gasteiger partial charge >= 0.3 is 11.9 Å². The Hall–Kier alpha value is -1.59. The molecule has 0 atom stereocenters. The van der Waals surface area contributed by atoms with Crippen LogP contribution in [0.5, 0.6) is 0 Å². The second kappa shape index (κ2) is 6.88. The minimum Gasteiger partial charge on any atom is -0.481 e. The maximum absolute atomic E-state index is 10.8. The van der Waals surface area contributed by atoms with Crippen molar-refractivity contribution in [3.63, 3.8) is 0 Å². The van der Waals surface area contributed by atoms with E-state index in [9.17, 15) is 14.4 Å². The number of carboxylic acid groups (broad SMARTS) is 1. The molecule has 0 aliphatic carbocycles. The molecule has 0 aromatic rings. The fraction of sp³-hybridized carbons (Fsp3) is 0.625. The van der Waals surface area contributed by atoms with Crippen molar-refractivity contribution in [2.24, 2.45) is 0 Å². The van der Waals surface area contributed by atoms with Crippen molar-refractivity contribution in [2.45, 2.75) is 19.8 Å². The molecule has 6 nitrogen and oxygen atoms in total. The number of carbonyl (C=O) groups is 3. The quantitative estimate of drug-likeness (QED) is 0.449. The van der Waals surface area contributed by atoms with Gasteiger partial charge in [-0.25, -0.2) is 0 Å². The Morgan fingerprint density at radius 2 is 2.00 bits per heavy atom. The second-order valence-electron chi connectivity index (χ2n) is 2.63. The molecule has 0 aromatic heterocycles. The molecule has 14 heavy (non-hydrogen) atoms. The Bertz CT molecular complexity index is 226. The third kappa shape index (κ3) is 8.51. The van der Waals surface area contributed by atoms with Crippen LogP contribution in [0.15, 0.2) is 0 Å². The molecule has 0 spiro atoms. The second-order valence-corrected chi connectivity index (χ2v) is 2.63. The maximum Gasteiger partial charge on any atom is 0.325 e. The van der Waals surface area contributed by atoms with E-state index in [1.54, 1.807) is 0 Å². The average Bonchev–Trinajstić information content (AvgIpc) is 2.08. The molecule has 80 valence electrons. The minimum absolute atomic E-state index is 0.0343. The highest BCUT2D eigenvalue weighted by molar-refractivity contribution is 5.80. The van der Waals surface area contributed by atoms with Gasteiger partial charge in [0.1, 0.15) is 6.54 Å². The van der Waals surface area contributed by atoms with Crippen LogP contribution in [-0.4, -0.2) is 36.1 Å². The molecule has 0 bridgehead atoms. The van der Waals surface area contributed by atoms with Crippen molar-refractivity contribution in [1.29, 1.82) is 0 Å². The predicted octanol–water partition coefficient (Wildman–Crippen LogP) is -0.469. The first-order valence-corrected chi connectivity index (χ1v) is 4.14. The number of esters is 1. The zero-order valence-corrected chi connectivity index (χ0v) is 7.91. The van der Waals surface area contributed by atoms with Gasteiger partial charge in [-0.3, -0.25) is 14.4 Å². The van der Waals surface area contributed by atoms with Crippen LogP contribution in [0, 0.1) is 0 Å². The SMILES string of the molecule is CC(=O)NCC(=O)OCCCC(=O)O. The van der Waals surface area contributed by atoms with Crippen LogP contribution in [0.2, 0.25) is 0 Å². The molecule has 0 aliphatic heterocycles. The normalized spacial score (nSPS) is 9.21. The molecule has 0 rings (SSSR count). The van der Waals surface area contributed by atoms with E-state index in [0.29, 0.717) is 0 Å². The van der Waals surface area contributed by atoms with E-state index in [2.05, 4.69) is 10.1 Å². The smallest absolute Gasteiger partial charge is 0.325 e. The number of ether oxygens (including phenoxy) is 1. The molecule has 0 aromatic carbocycles. The van der Waals surface area contributed by atoms with Crippen molar-refractivity contribution in [3.8, 4) is 0 Å². The maximum atomic E-state index is 10.8. The van der Waals surface area contributed by atoms with Gasteiger partial charge in [-0.1, -0.05) is 0 Å². The summed E-state index contributed by atoms with van der Waals surface area (Å²) in [4.78, 5) is 31.2. The molecule has 0 unspecified atom stereocenters.